The summed E-state index contributed by atoms with van der Waals surface area (Å²) < 4.78 is 11.2. The fraction of sp³-hybridized carbons (Fsp3) is 0.406. The lowest BCUT2D eigenvalue weighted by Crippen LogP contribution is -2.53. The molecule has 11 nitrogen and oxygen atoms in total. The lowest BCUT2D eigenvalue weighted by molar-refractivity contribution is -0.127. The molecule has 2 aromatic heterocycles. The summed E-state index contributed by atoms with van der Waals surface area (Å²) in [6.07, 6.45) is 3.42. The van der Waals surface area contributed by atoms with Crippen molar-refractivity contribution in [3.8, 4) is 5.75 Å². The van der Waals surface area contributed by atoms with Gasteiger partial charge >= 0.3 is 0 Å². The lowest BCUT2D eigenvalue weighted by Gasteiger charge is -2.29. The van der Waals surface area contributed by atoms with Crippen molar-refractivity contribution in [2.45, 2.75) is 44.2 Å². The number of aromatic nitrogens is 2. The van der Waals surface area contributed by atoms with Crippen LogP contribution in [-0.2, 0) is 9.59 Å². The molecule has 3 N–H and O–H groups in total. The van der Waals surface area contributed by atoms with Gasteiger partial charge < -0.3 is 29.7 Å². The molecule has 3 fully saturated rings. The van der Waals surface area contributed by atoms with Gasteiger partial charge in [0.2, 0.25) is 17.6 Å². The van der Waals surface area contributed by atoms with Crippen molar-refractivity contribution in [2.24, 2.45) is 17.8 Å². The normalized spacial score (nSPS) is 23.8. The molecule has 4 heterocycles. The zero-order valence-electron chi connectivity index (χ0n) is 23.8. The average Bonchev–Trinajstić information content (AvgIpc) is 3.83. The van der Waals surface area contributed by atoms with Gasteiger partial charge in [-0.1, -0.05) is 24.6 Å². The van der Waals surface area contributed by atoms with Crippen LogP contribution in [0.15, 0.2) is 52.9 Å². The maximum absolute atomic E-state index is 14.1. The molecule has 3 amide bonds. The molecule has 43 heavy (non-hydrogen) atoms. The Hall–Kier alpha value is -4.67. The minimum Gasteiger partial charge on any atom is -0.496 e. The number of ether oxygens (including phenoxy) is 1. The van der Waals surface area contributed by atoms with Crippen molar-refractivity contribution in [2.75, 3.05) is 20.2 Å². The molecule has 2 saturated heterocycles. The molecule has 7 rings (SSSR count). The van der Waals surface area contributed by atoms with Crippen LogP contribution >= 0.6 is 0 Å². The Balaban J connectivity index is 1.18. The molecule has 1 saturated carbocycles. The molecule has 4 aromatic rings. The molecule has 5 atom stereocenters. The molecule has 0 radical (unpaired) electrons. The minimum atomic E-state index is -1.04. The van der Waals surface area contributed by atoms with E-state index < -0.39 is 29.7 Å². The number of ketones is 1. The van der Waals surface area contributed by atoms with Crippen LogP contribution in [0, 0.1) is 17.8 Å². The van der Waals surface area contributed by atoms with Gasteiger partial charge in [0.15, 0.2) is 5.58 Å². The number of carbonyl (C=O) groups excluding carboxylic acids is 4. The Kier molecular flexibility index (Phi) is 6.87. The van der Waals surface area contributed by atoms with Crippen molar-refractivity contribution in [3.05, 3.63) is 60.1 Å². The second kappa shape index (κ2) is 10.9. The highest BCUT2D eigenvalue weighted by Gasteiger charge is 2.50. The molecule has 11 heteroatoms. The van der Waals surface area contributed by atoms with Crippen LogP contribution in [0.25, 0.3) is 22.0 Å². The number of amides is 3. The number of Topliss-reactive ketones (excluding diaryl/α,β-unsaturated/α-hetero) is 1. The fourth-order valence-corrected chi connectivity index (χ4v) is 7.20. The van der Waals surface area contributed by atoms with E-state index >= 15 is 0 Å². The second-order valence-corrected chi connectivity index (χ2v) is 11.8. The largest absolute Gasteiger partial charge is 0.496 e. The summed E-state index contributed by atoms with van der Waals surface area (Å²) in [7, 11) is 1.58. The third-order valence-corrected chi connectivity index (χ3v) is 9.32. The molecule has 3 aliphatic rings. The lowest BCUT2D eigenvalue weighted by atomic mass is 9.92. The number of likely N-dealkylation sites (tertiary alicyclic amines) is 1. The number of carbonyl (C=O) groups is 4. The van der Waals surface area contributed by atoms with Crippen molar-refractivity contribution in [3.63, 3.8) is 0 Å². The van der Waals surface area contributed by atoms with Gasteiger partial charge in [0, 0.05) is 29.9 Å². The number of methoxy groups -OCH3 is 1. The van der Waals surface area contributed by atoms with E-state index in [-0.39, 0.29) is 36.0 Å². The fourth-order valence-electron chi connectivity index (χ4n) is 7.20. The van der Waals surface area contributed by atoms with E-state index in [1.165, 1.54) is 0 Å². The van der Waals surface area contributed by atoms with Crippen LogP contribution in [0.1, 0.15) is 53.3 Å². The number of oxazole rings is 1. The summed E-state index contributed by atoms with van der Waals surface area (Å²) in [6.45, 7) is 0.980. The first-order chi connectivity index (χ1) is 20.9. The van der Waals surface area contributed by atoms with Gasteiger partial charge in [0.25, 0.3) is 11.8 Å². The van der Waals surface area contributed by atoms with Crippen LogP contribution < -0.4 is 15.4 Å². The van der Waals surface area contributed by atoms with Crippen molar-refractivity contribution in [1.29, 1.82) is 0 Å². The number of fused-ring (bicyclic) bond motifs is 3. The van der Waals surface area contributed by atoms with Crippen LogP contribution in [0.3, 0.4) is 0 Å². The van der Waals surface area contributed by atoms with Crippen molar-refractivity contribution >= 4 is 45.5 Å². The summed E-state index contributed by atoms with van der Waals surface area (Å²) in [5, 5.41) is 6.54. The number of benzene rings is 2. The molecule has 2 aliphatic heterocycles. The first-order valence-electron chi connectivity index (χ1n) is 14.9. The van der Waals surface area contributed by atoms with E-state index in [0.29, 0.717) is 42.1 Å². The number of nitrogens with one attached hydrogen (secondary N) is 3. The molecule has 222 valence electrons. The minimum absolute atomic E-state index is 0.0160. The number of hydrogen-bond donors (Lipinski definition) is 3. The Morgan fingerprint density at radius 2 is 2.00 bits per heavy atom. The third kappa shape index (κ3) is 4.82. The highest BCUT2D eigenvalue weighted by molar-refractivity contribution is 6.04. The molecule has 2 aromatic carbocycles. The molecule has 0 spiro atoms. The zero-order chi connectivity index (χ0) is 29.7. The van der Waals surface area contributed by atoms with Crippen LogP contribution in [0.4, 0.5) is 0 Å². The topological polar surface area (TPSA) is 147 Å². The second-order valence-electron chi connectivity index (χ2n) is 11.8. The van der Waals surface area contributed by atoms with Gasteiger partial charge in [-0.2, -0.15) is 0 Å². The van der Waals surface area contributed by atoms with E-state index in [1.807, 2.05) is 18.2 Å². The van der Waals surface area contributed by atoms with E-state index in [1.54, 1.807) is 42.3 Å². The maximum Gasteiger partial charge on any atom is 0.271 e. The Bertz CT molecular complexity index is 1710. The first kappa shape index (κ1) is 27.2. The summed E-state index contributed by atoms with van der Waals surface area (Å²) in [4.78, 5) is 63.6. The first-order valence-corrected chi connectivity index (χ1v) is 14.9. The number of aromatic amines is 1. The zero-order valence-corrected chi connectivity index (χ0v) is 23.8. The predicted molar refractivity (Wildman–Crippen MR) is 157 cm³/mol. The van der Waals surface area contributed by atoms with Crippen LogP contribution in [0.5, 0.6) is 5.75 Å². The van der Waals surface area contributed by atoms with Gasteiger partial charge in [-0.05, 0) is 67.9 Å². The predicted octanol–water partition coefficient (Wildman–Crippen LogP) is 3.45. The summed E-state index contributed by atoms with van der Waals surface area (Å²) in [5.74, 6) is -1.03. The van der Waals surface area contributed by atoms with E-state index in [0.717, 1.165) is 30.2 Å². The van der Waals surface area contributed by atoms with Gasteiger partial charge in [0.1, 0.15) is 23.0 Å². The van der Waals surface area contributed by atoms with E-state index in [4.69, 9.17) is 9.15 Å². The SMILES string of the molecule is COc1cccc2[nH]c(C(=O)N3CC4CCCC4C3C(=O)NC(CC3CCNC3=O)C(=O)c3nc4ccccc4o3)cc12. The molecule has 5 unspecified atom stereocenters. The third-order valence-electron chi connectivity index (χ3n) is 9.32. The van der Waals surface area contributed by atoms with Gasteiger partial charge in [-0.25, -0.2) is 4.98 Å². The van der Waals surface area contributed by atoms with Crippen molar-refractivity contribution < 1.29 is 28.3 Å². The Morgan fingerprint density at radius 1 is 1.14 bits per heavy atom. The summed E-state index contributed by atoms with van der Waals surface area (Å²) >= 11 is 0. The number of nitrogens with zero attached hydrogens (tertiary/aromatic N) is 2. The molecule has 1 aliphatic carbocycles. The van der Waals surface area contributed by atoms with E-state index in [9.17, 15) is 19.2 Å². The maximum atomic E-state index is 14.1. The molecular weight excluding hydrogens is 550 g/mol. The number of rotatable bonds is 8. The monoisotopic (exact) mass is 583 g/mol. The van der Waals surface area contributed by atoms with E-state index in [2.05, 4.69) is 20.6 Å². The standard InChI is InChI=1S/C32H33N5O6/c1-42-25-11-5-9-21-20(25)15-24(34-21)32(41)37-16-18-6-4-7-19(18)27(37)30(40)35-23(14-17-12-13-33-29(17)39)28(38)31-36-22-8-2-3-10-26(22)43-31/h2-3,5,8-11,15,17-19,23,27,34H,4,6-7,12-14,16H2,1H3,(H,33,39)(H,35,40). The van der Waals surface area contributed by atoms with Gasteiger partial charge in [-0.3, -0.25) is 19.2 Å². The highest BCUT2D eigenvalue weighted by atomic mass is 16.5. The highest BCUT2D eigenvalue weighted by Crippen LogP contribution is 2.43. The van der Waals surface area contributed by atoms with Crippen LogP contribution in [-0.4, -0.2) is 70.7 Å². The molecule has 0 bridgehead atoms. The Labute approximate surface area is 247 Å². The number of H-pyrrole nitrogens is 1. The summed E-state index contributed by atoms with van der Waals surface area (Å²) in [5.41, 5.74) is 2.14. The molecular formula is C32H33N5O6. The quantitative estimate of drug-likeness (QED) is 0.269. The number of hydrogen-bond acceptors (Lipinski definition) is 7. The number of para-hydroxylation sites is 2. The van der Waals surface area contributed by atoms with Gasteiger partial charge in [-0.15, -0.1) is 0 Å². The Morgan fingerprint density at radius 3 is 2.79 bits per heavy atom. The summed E-state index contributed by atoms with van der Waals surface area (Å²) in [6, 6.07) is 12.6. The van der Waals surface area contributed by atoms with Crippen LogP contribution in [0.2, 0.25) is 0 Å². The van der Waals surface area contributed by atoms with Gasteiger partial charge in [0.05, 0.1) is 13.2 Å². The van der Waals surface area contributed by atoms with Crippen molar-refractivity contribution in [1.82, 2.24) is 25.5 Å². The average molecular weight is 584 g/mol. The smallest absolute Gasteiger partial charge is 0.271 e.